The predicted molar refractivity (Wildman–Crippen MR) is 67.8 cm³/mol. The van der Waals surface area contributed by atoms with E-state index >= 15 is 0 Å². The molecule has 0 fully saturated rings. The highest BCUT2D eigenvalue weighted by atomic mass is 16.2. The molecule has 2 aromatic rings. The monoisotopic (exact) mass is 275 g/mol. The molecular formula is C11H13N7O2. The Morgan fingerprint density at radius 2 is 2.30 bits per heavy atom. The number of carbonyl (C=O) groups excluding carboxylic acids is 2. The summed E-state index contributed by atoms with van der Waals surface area (Å²) in [5.74, 6) is 0.138. The Morgan fingerprint density at radius 3 is 3.05 bits per heavy atom. The fourth-order valence-electron chi connectivity index (χ4n) is 2.36. The van der Waals surface area contributed by atoms with Gasteiger partial charge in [0.2, 0.25) is 11.7 Å². The van der Waals surface area contributed by atoms with Crippen molar-refractivity contribution in [1.29, 1.82) is 0 Å². The first-order chi connectivity index (χ1) is 9.58. The number of nitrogens with two attached hydrogens (primary N) is 1. The molecule has 1 aliphatic rings. The van der Waals surface area contributed by atoms with Crippen molar-refractivity contribution in [3.63, 3.8) is 0 Å². The lowest BCUT2D eigenvalue weighted by Gasteiger charge is -2.16. The molecule has 1 atom stereocenters. The minimum Gasteiger partial charge on any atom is -0.363 e. The van der Waals surface area contributed by atoms with Crippen LogP contribution in [0.4, 0.5) is 5.82 Å². The molecule has 0 radical (unpaired) electrons. The fourth-order valence-corrected chi connectivity index (χ4v) is 2.36. The fraction of sp³-hybridized carbons (Fsp3) is 0.364. The van der Waals surface area contributed by atoms with Gasteiger partial charge in [0, 0.05) is 12.6 Å². The third-order valence-electron chi connectivity index (χ3n) is 3.28. The van der Waals surface area contributed by atoms with Crippen LogP contribution in [0, 0.1) is 6.92 Å². The largest absolute Gasteiger partial charge is 0.363 e. The van der Waals surface area contributed by atoms with Crippen molar-refractivity contribution in [2.24, 2.45) is 5.73 Å². The number of primary amides is 1. The molecule has 3 N–H and O–H groups in total. The molecule has 104 valence electrons. The summed E-state index contributed by atoms with van der Waals surface area (Å²) in [6, 6.07) is 1.13. The standard InChI is InChI=1S/C11H13N7O2/c1-6-15-16-10(9(12)19)18(6)7-3-5-17-8(2-4-13-17)14-11(7)20/h2,4,7H,3,5H2,1H3,(H2,12,19)(H,14,20). The van der Waals surface area contributed by atoms with E-state index in [2.05, 4.69) is 20.6 Å². The Labute approximate surface area is 113 Å². The topological polar surface area (TPSA) is 121 Å². The summed E-state index contributed by atoms with van der Waals surface area (Å²) in [4.78, 5) is 23.7. The number of rotatable bonds is 2. The molecule has 3 heterocycles. The van der Waals surface area contributed by atoms with Gasteiger partial charge in [-0.05, 0) is 13.3 Å². The molecular weight excluding hydrogens is 262 g/mol. The summed E-state index contributed by atoms with van der Waals surface area (Å²) in [5.41, 5.74) is 5.27. The van der Waals surface area contributed by atoms with Gasteiger partial charge in [0.15, 0.2) is 0 Å². The summed E-state index contributed by atoms with van der Waals surface area (Å²) in [5, 5.41) is 14.4. The third-order valence-corrected chi connectivity index (χ3v) is 3.28. The second-order valence-electron chi connectivity index (χ2n) is 4.54. The van der Waals surface area contributed by atoms with Gasteiger partial charge in [0.25, 0.3) is 5.91 Å². The first kappa shape index (κ1) is 12.3. The molecule has 1 aliphatic heterocycles. The number of carbonyl (C=O) groups is 2. The van der Waals surface area contributed by atoms with Crippen molar-refractivity contribution in [3.05, 3.63) is 23.9 Å². The average molecular weight is 275 g/mol. The summed E-state index contributed by atoms with van der Waals surface area (Å²) in [7, 11) is 0. The zero-order valence-electron chi connectivity index (χ0n) is 10.8. The van der Waals surface area contributed by atoms with Crippen molar-refractivity contribution < 1.29 is 9.59 Å². The van der Waals surface area contributed by atoms with Crippen LogP contribution in [0.1, 0.15) is 28.9 Å². The van der Waals surface area contributed by atoms with Gasteiger partial charge >= 0.3 is 0 Å². The van der Waals surface area contributed by atoms with Gasteiger partial charge in [-0.25, -0.2) is 4.68 Å². The molecule has 20 heavy (non-hydrogen) atoms. The number of nitrogens with one attached hydrogen (secondary N) is 1. The number of hydrogen-bond donors (Lipinski definition) is 2. The van der Waals surface area contributed by atoms with E-state index in [1.54, 1.807) is 23.9 Å². The average Bonchev–Trinajstić information content (AvgIpc) is 2.95. The molecule has 0 aliphatic carbocycles. The minimum absolute atomic E-state index is 0.0119. The Balaban J connectivity index is 1.99. The van der Waals surface area contributed by atoms with Crippen LogP contribution >= 0.6 is 0 Å². The number of nitrogens with zero attached hydrogens (tertiary/aromatic N) is 5. The Bertz CT molecular complexity index is 687. The first-order valence-electron chi connectivity index (χ1n) is 6.12. The molecule has 0 bridgehead atoms. The maximum Gasteiger partial charge on any atom is 0.286 e. The zero-order chi connectivity index (χ0) is 14.3. The number of hydrogen-bond acceptors (Lipinski definition) is 5. The van der Waals surface area contributed by atoms with Crippen LogP contribution in [0.25, 0.3) is 0 Å². The van der Waals surface area contributed by atoms with Crippen LogP contribution < -0.4 is 11.1 Å². The number of fused-ring (bicyclic) bond motifs is 1. The van der Waals surface area contributed by atoms with E-state index in [0.29, 0.717) is 24.6 Å². The van der Waals surface area contributed by atoms with Crippen LogP contribution in [0.2, 0.25) is 0 Å². The quantitative estimate of drug-likeness (QED) is 0.762. The lowest BCUT2D eigenvalue weighted by atomic mass is 10.2. The number of aromatic nitrogens is 5. The Kier molecular flexibility index (Phi) is 2.74. The van der Waals surface area contributed by atoms with Crippen LogP contribution in [-0.4, -0.2) is 36.4 Å². The van der Waals surface area contributed by atoms with Crippen LogP contribution in [-0.2, 0) is 11.3 Å². The Morgan fingerprint density at radius 1 is 1.50 bits per heavy atom. The number of amides is 2. The maximum absolute atomic E-state index is 12.3. The molecule has 0 saturated carbocycles. The van der Waals surface area contributed by atoms with Gasteiger partial charge in [-0.1, -0.05) is 0 Å². The normalized spacial score (nSPS) is 18.2. The van der Waals surface area contributed by atoms with E-state index in [4.69, 9.17) is 5.73 Å². The van der Waals surface area contributed by atoms with Gasteiger partial charge < -0.3 is 11.1 Å². The van der Waals surface area contributed by atoms with E-state index in [1.165, 1.54) is 4.57 Å². The highest BCUT2D eigenvalue weighted by molar-refractivity contribution is 5.95. The zero-order valence-corrected chi connectivity index (χ0v) is 10.8. The SMILES string of the molecule is Cc1nnc(C(N)=O)n1C1CCn2nccc2NC1=O. The highest BCUT2D eigenvalue weighted by Gasteiger charge is 2.30. The second kappa shape index (κ2) is 4.44. The predicted octanol–water partition coefficient (Wildman–Crippen LogP) is -0.535. The van der Waals surface area contributed by atoms with E-state index in [0.717, 1.165) is 0 Å². The molecule has 3 rings (SSSR count). The third kappa shape index (κ3) is 1.83. The van der Waals surface area contributed by atoms with Crippen molar-refractivity contribution >= 4 is 17.6 Å². The van der Waals surface area contributed by atoms with Gasteiger partial charge in [-0.3, -0.25) is 14.2 Å². The first-order valence-corrected chi connectivity index (χ1v) is 6.12. The minimum atomic E-state index is -0.708. The summed E-state index contributed by atoms with van der Waals surface area (Å²) >= 11 is 0. The number of anilines is 1. The maximum atomic E-state index is 12.3. The molecule has 2 amide bonds. The highest BCUT2D eigenvalue weighted by Crippen LogP contribution is 2.23. The van der Waals surface area contributed by atoms with Gasteiger partial charge in [0.1, 0.15) is 17.7 Å². The molecule has 0 aromatic carbocycles. The van der Waals surface area contributed by atoms with Crippen molar-refractivity contribution in [3.8, 4) is 0 Å². The number of aryl methyl sites for hydroxylation is 2. The van der Waals surface area contributed by atoms with E-state index in [9.17, 15) is 9.59 Å². The molecule has 9 heteroatoms. The molecule has 2 aromatic heterocycles. The summed E-state index contributed by atoms with van der Waals surface area (Å²) in [6.07, 6.45) is 2.09. The van der Waals surface area contributed by atoms with Crippen LogP contribution in [0.3, 0.4) is 0 Å². The second-order valence-corrected chi connectivity index (χ2v) is 4.54. The van der Waals surface area contributed by atoms with Gasteiger partial charge in [-0.2, -0.15) is 5.10 Å². The summed E-state index contributed by atoms with van der Waals surface area (Å²) < 4.78 is 3.17. The van der Waals surface area contributed by atoms with Gasteiger partial charge in [0.05, 0.1) is 6.20 Å². The summed E-state index contributed by atoms with van der Waals surface area (Å²) in [6.45, 7) is 2.22. The molecule has 9 nitrogen and oxygen atoms in total. The van der Waals surface area contributed by atoms with Crippen molar-refractivity contribution in [1.82, 2.24) is 24.5 Å². The molecule has 0 spiro atoms. The van der Waals surface area contributed by atoms with Crippen LogP contribution in [0.5, 0.6) is 0 Å². The smallest absolute Gasteiger partial charge is 0.286 e. The van der Waals surface area contributed by atoms with E-state index in [-0.39, 0.29) is 11.7 Å². The van der Waals surface area contributed by atoms with E-state index in [1.807, 2.05) is 0 Å². The van der Waals surface area contributed by atoms with Crippen molar-refractivity contribution in [2.75, 3.05) is 5.32 Å². The Hall–Kier alpha value is -2.71. The molecule has 1 unspecified atom stereocenters. The van der Waals surface area contributed by atoms with Crippen molar-refractivity contribution in [2.45, 2.75) is 25.9 Å². The lowest BCUT2D eigenvalue weighted by Crippen LogP contribution is -2.29. The van der Waals surface area contributed by atoms with Crippen LogP contribution in [0.15, 0.2) is 12.3 Å². The van der Waals surface area contributed by atoms with E-state index < -0.39 is 11.9 Å². The van der Waals surface area contributed by atoms with Gasteiger partial charge in [-0.15, -0.1) is 10.2 Å². The molecule has 0 saturated heterocycles. The lowest BCUT2D eigenvalue weighted by molar-refractivity contribution is -0.119.